The molecule has 0 aliphatic carbocycles. The quantitative estimate of drug-likeness (QED) is 0.762. The van der Waals surface area contributed by atoms with Crippen LogP contribution in [-0.4, -0.2) is 22.9 Å². The SMILES string of the molecule is CC\C=C/C(Cl)=C\C=C\C1C=CC(c2ccc(C(=O)O)cc2)=NO1. The van der Waals surface area contributed by atoms with E-state index in [9.17, 15) is 4.79 Å². The molecule has 0 aromatic heterocycles. The summed E-state index contributed by atoms with van der Waals surface area (Å²) in [6, 6.07) is 6.48. The number of rotatable bonds is 6. The summed E-state index contributed by atoms with van der Waals surface area (Å²) < 4.78 is 0. The van der Waals surface area contributed by atoms with Crippen LogP contribution in [-0.2, 0) is 4.84 Å². The van der Waals surface area contributed by atoms with Gasteiger partial charge in [-0.25, -0.2) is 4.79 Å². The minimum absolute atomic E-state index is 0.238. The van der Waals surface area contributed by atoms with E-state index in [4.69, 9.17) is 21.5 Å². The van der Waals surface area contributed by atoms with E-state index in [2.05, 4.69) is 5.16 Å². The van der Waals surface area contributed by atoms with Crippen LogP contribution in [0, 0.1) is 0 Å². The third-order valence-electron chi connectivity index (χ3n) is 3.21. The van der Waals surface area contributed by atoms with Gasteiger partial charge in [-0.05, 0) is 48.9 Å². The normalized spacial score (nSPS) is 18.0. The molecule has 0 saturated carbocycles. The Bertz CT molecular complexity index is 727. The van der Waals surface area contributed by atoms with Gasteiger partial charge in [0.1, 0.15) is 5.71 Å². The van der Waals surface area contributed by atoms with Gasteiger partial charge in [0, 0.05) is 10.6 Å². The van der Waals surface area contributed by atoms with E-state index in [-0.39, 0.29) is 11.7 Å². The molecule has 5 heteroatoms. The van der Waals surface area contributed by atoms with Gasteiger partial charge in [-0.3, -0.25) is 0 Å². The summed E-state index contributed by atoms with van der Waals surface area (Å²) in [7, 11) is 0. The number of aromatic carboxylic acids is 1. The number of hydrogen-bond donors (Lipinski definition) is 1. The first-order valence-electron chi connectivity index (χ1n) is 7.56. The summed E-state index contributed by atoms with van der Waals surface area (Å²) in [4.78, 5) is 16.2. The summed E-state index contributed by atoms with van der Waals surface area (Å²) in [6.07, 6.45) is 13.7. The Hall–Kier alpha value is -2.59. The molecule has 1 unspecified atom stereocenters. The second-order valence-corrected chi connectivity index (χ2v) is 5.47. The summed E-state index contributed by atoms with van der Waals surface area (Å²) in [5.74, 6) is -0.954. The third-order valence-corrected chi connectivity index (χ3v) is 3.47. The lowest BCUT2D eigenvalue weighted by atomic mass is 10.1. The lowest BCUT2D eigenvalue weighted by Gasteiger charge is -2.12. The predicted molar refractivity (Wildman–Crippen MR) is 96.5 cm³/mol. The van der Waals surface area contributed by atoms with Crippen LogP contribution < -0.4 is 0 Å². The van der Waals surface area contributed by atoms with Crippen LogP contribution in [0.5, 0.6) is 0 Å². The first-order chi connectivity index (χ1) is 11.6. The van der Waals surface area contributed by atoms with Gasteiger partial charge in [-0.15, -0.1) is 0 Å². The number of carboxylic acid groups (broad SMARTS) is 1. The van der Waals surface area contributed by atoms with Gasteiger partial charge < -0.3 is 9.94 Å². The predicted octanol–water partition coefficient (Wildman–Crippen LogP) is 4.69. The molecule has 0 radical (unpaired) electrons. The number of carboxylic acids is 1. The number of nitrogens with zero attached hydrogens (tertiary/aromatic N) is 1. The second-order valence-electron chi connectivity index (χ2n) is 5.04. The fraction of sp³-hybridized carbons (Fsp3) is 0.158. The maximum atomic E-state index is 10.8. The Balaban J connectivity index is 1.95. The van der Waals surface area contributed by atoms with Crippen molar-refractivity contribution in [2.24, 2.45) is 5.16 Å². The zero-order chi connectivity index (χ0) is 17.4. The molecule has 1 aliphatic heterocycles. The molecule has 1 heterocycles. The minimum atomic E-state index is -0.954. The highest BCUT2D eigenvalue weighted by Crippen LogP contribution is 2.13. The fourth-order valence-corrected chi connectivity index (χ4v) is 2.11. The van der Waals surface area contributed by atoms with Crippen molar-refractivity contribution in [2.45, 2.75) is 19.4 Å². The molecule has 2 rings (SSSR count). The Labute approximate surface area is 146 Å². The second kappa shape index (κ2) is 8.89. The van der Waals surface area contributed by atoms with Gasteiger partial charge >= 0.3 is 5.97 Å². The lowest BCUT2D eigenvalue weighted by molar-refractivity contribution is 0.0697. The molecule has 124 valence electrons. The number of benzene rings is 1. The van der Waals surface area contributed by atoms with Crippen molar-refractivity contribution < 1.29 is 14.7 Å². The van der Waals surface area contributed by atoms with Crippen molar-refractivity contribution in [3.05, 3.63) is 83.0 Å². The van der Waals surface area contributed by atoms with E-state index >= 15 is 0 Å². The van der Waals surface area contributed by atoms with Gasteiger partial charge in [0.25, 0.3) is 0 Å². The van der Waals surface area contributed by atoms with E-state index in [1.54, 1.807) is 18.2 Å². The first-order valence-corrected chi connectivity index (χ1v) is 7.94. The smallest absolute Gasteiger partial charge is 0.335 e. The number of allylic oxidation sites excluding steroid dienone is 6. The van der Waals surface area contributed by atoms with E-state index < -0.39 is 5.97 Å². The van der Waals surface area contributed by atoms with Crippen LogP contribution in [0.25, 0.3) is 0 Å². The maximum Gasteiger partial charge on any atom is 0.335 e. The Morgan fingerprint density at radius 2 is 2.12 bits per heavy atom. The van der Waals surface area contributed by atoms with E-state index in [0.29, 0.717) is 10.7 Å². The summed E-state index contributed by atoms with van der Waals surface area (Å²) in [6.45, 7) is 2.04. The van der Waals surface area contributed by atoms with Gasteiger partial charge in [-0.2, -0.15) is 0 Å². The van der Waals surface area contributed by atoms with Gasteiger partial charge in [0.15, 0.2) is 6.10 Å². The van der Waals surface area contributed by atoms with E-state index in [1.165, 1.54) is 12.1 Å². The number of hydrogen-bond acceptors (Lipinski definition) is 3. The summed E-state index contributed by atoms with van der Waals surface area (Å²) in [5, 5.41) is 13.6. The standard InChI is InChI=1S/C19H18ClNO3/c1-2-3-5-16(20)6-4-7-17-12-13-18(21-24-17)14-8-10-15(11-9-14)19(22)23/h3-13,17H,2H2,1H3,(H,22,23)/b5-3-,7-4+,16-6+. The van der Waals surface area contributed by atoms with Gasteiger partial charge in [0.2, 0.25) is 0 Å². The Morgan fingerprint density at radius 1 is 1.38 bits per heavy atom. The zero-order valence-electron chi connectivity index (χ0n) is 13.2. The molecule has 0 saturated heterocycles. The molecule has 24 heavy (non-hydrogen) atoms. The van der Waals surface area contributed by atoms with Crippen LogP contribution in [0.2, 0.25) is 0 Å². The largest absolute Gasteiger partial charge is 0.478 e. The highest BCUT2D eigenvalue weighted by atomic mass is 35.5. The molecule has 0 amide bonds. The monoisotopic (exact) mass is 343 g/mol. The average Bonchev–Trinajstić information content (AvgIpc) is 2.60. The maximum absolute atomic E-state index is 10.8. The van der Waals surface area contributed by atoms with E-state index in [0.717, 1.165) is 12.0 Å². The zero-order valence-corrected chi connectivity index (χ0v) is 14.0. The molecule has 1 atom stereocenters. The van der Waals surface area contributed by atoms with Crippen LogP contribution in [0.4, 0.5) is 0 Å². The molecule has 1 aliphatic rings. The minimum Gasteiger partial charge on any atom is -0.478 e. The van der Waals surface area contributed by atoms with Crippen molar-refractivity contribution in [2.75, 3.05) is 0 Å². The van der Waals surface area contributed by atoms with Gasteiger partial charge in [0.05, 0.1) is 5.56 Å². The number of carbonyl (C=O) groups is 1. The molecule has 0 bridgehead atoms. The molecule has 1 N–H and O–H groups in total. The van der Waals surface area contributed by atoms with Crippen LogP contribution in [0.1, 0.15) is 29.3 Å². The molecule has 0 fully saturated rings. The average molecular weight is 344 g/mol. The molecular weight excluding hydrogens is 326 g/mol. The molecule has 1 aromatic carbocycles. The molecule has 0 spiro atoms. The van der Waals surface area contributed by atoms with Crippen LogP contribution in [0.3, 0.4) is 0 Å². The fourth-order valence-electron chi connectivity index (χ4n) is 1.94. The van der Waals surface area contributed by atoms with Crippen molar-refractivity contribution >= 4 is 23.3 Å². The highest BCUT2D eigenvalue weighted by molar-refractivity contribution is 6.31. The van der Waals surface area contributed by atoms with Crippen molar-refractivity contribution in [3.63, 3.8) is 0 Å². The van der Waals surface area contributed by atoms with Crippen molar-refractivity contribution in [3.8, 4) is 0 Å². The van der Waals surface area contributed by atoms with Crippen LogP contribution >= 0.6 is 11.6 Å². The van der Waals surface area contributed by atoms with Crippen LogP contribution in [0.15, 0.2) is 77.0 Å². The summed E-state index contributed by atoms with van der Waals surface area (Å²) >= 11 is 6.01. The molecule has 4 nitrogen and oxygen atoms in total. The van der Waals surface area contributed by atoms with Crippen molar-refractivity contribution in [1.29, 1.82) is 0 Å². The number of halogens is 1. The topological polar surface area (TPSA) is 58.9 Å². The summed E-state index contributed by atoms with van der Waals surface area (Å²) in [5.41, 5.74) is 1.68. The Kier molecular flexibility index (Phi) is 6.58. The van der Waals surface area contributed by atoms with E-state index in [1.807, 2.05) is 43.4 Å². The molecule has 1 aromatic rings. The number of oxime groups is 1. The van der Waals surface area contributed by atoms with Gasteiger partial charge in [-0.1, -0.05) is 48.0 Å². The Morgan fingerprint density at radius 3 is 2.71 bits per heavy atom. The highest BCUT2D eigenvalue weighted by Gasteiger charge is 2.10. The van der Waals surface area contributed by atoms with Crippen molar-refractivity contribution in [1.82, 2.24) is 0 Å². The lowest BCUT2D eigenvalue weighted by Crippen LogP contribution is -2.11. The third kappa shape index (κ3) is 5.25. The first kappa shape index (κ1) is 17.8. The molecular formula is C19H18ClNO3.